The second kappa shape index (κ2) is 8.35. The Morgan fingerprint density at radius 3 is 2.60 bits per heavy atom. The molecule has 1 aliphatic rings. The maximum atomic E-state index is 13.2. The normalized spacial score (nSPS) is 14.9. The molecule has 3 aromatic heterocycles. The summed E-state index contributed by atoms with van der Waals surface area (Å²) in [6.45, 7) is 0. The van der Waals surface area contributed by atoms with Gasteiger partial charge in [-0.3, -0.25) is 19.9 Å². The number of nitrogens with zero attached hydrogens (tertiary/aromatic N) is 3. The van der Waals surface area contributed by atoms with Crippen molar-refractivity contribution in [2.24, 2.45) is 0 Å². The first-order chi connectivity index (χ1) is 17.1. The number of aromatic amines is 2. The Bertz CT molecular complexity index is 1550. The lowest BCUT2D eigenvalue weighted by Gasteiger charge is -2.28. The number of amides is 2. The van der Waals surface area contributed by atoms with Gasteiger partial charge in [0.1, 0.15) is 11.2 Å². The molecule has 174 valence electrons. The summed E-state index contributed by atoms with van der Waals surface area (Å²) in [7, 11) is 0. The topological polar surface area (TPSA) is 128 Å². The number of pyridine rings is 1. The van der Waals surface area contributed by atoms with Crippen molar-refractivity contribution in [2.45, 2.75) is 31.2 Å². The van der Waals surface area contributed by atoms with Crippen LogP contribution >= 0.6 is 0 Å². The molecular formula is C26H23N7O2. The zero-order valence-electron chi connectivity index (χ0n) is 18.8. The number of nitrogens with one attached hydrogen (secondary N) is 4. The molecule has 9 heteroatoms. The number of aromatic nitrogens is 5. The fourth-order valence-corrected chi connectivity index (χ4v) is 4.72. The van der Waals surface area contributed by atoms with Gasteiger partial charge >= 0.3 is 0 Å². The number of rotatable bonds is 5. The highest BCUT2D eigenvalue weighted by molar-refractivity contribution is 6.04. The smallest absolute Gasteiger partial charge is 0.252 e. The van der Waals surface area contributed by atoms with Crippen molar-refractivity contribution in [3.05, 3.63) is 72.7 Å². The third-order valence-corrected chi connectivity index (χ3v) is 6.59. The first kappa shape index (κ1) is 21.0. The molecule has 1 saturated carbocycles. The summed E-state index contributed by atoms with van der Waals surface area (Å²) < 4.78 is 0. The van der Waals surface area contributed by atoms with Crippen LogP contribution in [0.15, 0.2) is 67.1 Å². The first-order valence-corrected chi connectivity index (χ1v) is 11.6. The van der Waals surface area contributed by atoms with E-state index >= 15 is 0 Å². The lowest BCUT2D eigenvalue weighted by atomic mass is 9.95. The third kappa shape index (κ3) is 3.90. The highest BCUT2D eigenvalue weighted by atomic mass is 16.2. The molecule has 2 amide bonds. The average Bonchev–Trinajstić information content (AvgIpc) is 3.64. The number of hydrogen-bond donors (Lipinski definition) is 4. The van der Waals surface area contributed by atoms with Crippen LogP contribution in [0.1, 0.15) is 36.0 Å². The highest BCUT2D eigenvalue weighted by Gasteiger charge is 2.43. The molecule has 0 spiro atoms. The van der Waals surface area contributed by atoms with Crippen molar-refractivity contribution in [3.63, 3.8) is 0 Å². The van der Waals surface area contributed by atoms with Crippen LogP contribution in [0.25, 0.3) is 33.3 Å². The zero-order valence-corrected chi connectivity index (χ0v) is 18.8. The van der Waals surface area contributed by atoms with Crippen LogP contribution in [0.5, 0.6) is 0 Å². The second-order valence-electron chi connectivity index (χ2n) is 8.87. The van der Waals surface area contributed by atoms with E-state index in [1.807, 2.05) is 36.5 Å². The molecular weight excluding hydrogens is 442 g/mol. The minimum absolute atomic E-state index is 0.259. The molecule has 9 nitrogen and oxygen atoms in total. The Kier molecular flexibility index (Phi) is 5.02. The summed E-state index contributed by atoms with van der Waals surface area (Å²) in [6, 6.07) is 15.3. The summed E-state index contributed by atoms with van der Waals surface area (Å²) in [4.78, 5) is 45.7. The minimum atomic E-state index is -0.965. The molecule has 3 heterocycles. The molecule has 1 fully saturated rings. The van der Waals surface area contributed by atoms with Gasteiger partial charge in [-0.2, -0.15) is 0 Å². The number of benzene rings is 2. The predicted molar refractivity (Wildman–Crippen MR) is 133 cm³/mol. The fraction of sp³-hybridized carbons (Fsp3) is 0.192. The monoisotopic (exact) mass is 465 g/mol. The fourth-order valence-electron chi connectivity index (χ4n) is 4.72. The van der Waals surface area contributed by atoms with Gasteiger partial charge in [-0.25, -0.2) is 9.97 Å². The standard InChI is InChI=1S/C26H23N7O2/c34-23(33-26(9-3-4-10-26)24(35)32-25-27-11-12-28-25)17-7-8-19-20(14-17)31-22(30-19)21-13-16-5-1-2-6-18(16)15-29-21/h1-2,5-8,11-15H,3-4,9-10H2,(H,30,31)(H,33,34)(H2,27,28,32,35). The molecule has 0 atom stereocenters. The van der Waals surface area contributed by atoms with Crippen LogP contribution in [-0.2, 0) is 4.79 Å². The SMILES string of the molecule is O=C(NC1(C(=O)Nc2ncc[nH]2)CCCC1)c1ccc2nc(-c3cc4ccccc4cn3)[nH]c2c1. The molecule has 0 unspecified atom stereocenters. The van der Waals surface area contributed by atoms with Gasteiger partial charge in [0.25, 0.3) is 11.8 Å². The zero-order chi connectivity index (χ0) is 23.8. The highest BCUT2D eigenvalue weighted by Crippen LogP contribution is 2.31. The molecule has 4 N–H and O–H groups in total. The summed E-state index contributed by atoms with van der Waals surface area (Å²) in [5, 5.41) is 7.92. The van der Waals surface area contributed by atoms with E-state index in [9.17, 15) is 9.59 Å². The molecule has 0 bridgehead atoms. The Hall–Kier alpha value is -4.53. The van der Waals surface area contributed by atoms with E-state index in [1.54, 1.807) is 30.6 Å². The Balaban J connectivity index is 1.26. The lowest BCUT2D eigenvalue weighted by Crippen LogP contribution is -2.55. The van der Waals surface area contributed by atoms with Gasteiger partial charge in [0.05, 0.1) is 11.0 Å². The number of fused-ring (bicyclic) bond motifs is 2. The molecule has 0 aliphatic heterocycles. The third-order valence-electron chi connectivity index (χ3n) is 6.59. The van der Waals surface area contributed by atoms with Crippen LogP contribution < -0.4 is 10.6 Å². The Morgan fingerprint density at radius 2 is 1.80 bits per heavy atom. The van der Waals surface area contributed by atoms with Crippen molar-refractivity contribution < 1.29 is 9.59 Å². The average molecular weight is 466 g/mol. The van der Waals surface area contributed by atoms with Gasteiger partial charge in [0.15, 0.2) is 5.82 Å². The summed E-state index contributed by atoms with van der Waals surface area (Å²) in [5.74, 6) is 0.437. The van der Waals surface area contributed by atoms with Gasteiger partial charge in [-0.05, 0) is 42.5 Å². The van der Waals surface area contributed by atoms with Gasteiger partial charge < -0.3 is 15.3 Å². The Morgan fingerprint density at radius 1 is 0.971 bits per heavy atom. The van der Waals surface area contributed by atoms with E-state index in [1.165, 1.54) is 0 Å². The number of anilines is 1. The molecule has 0 saturated heterocycles. The quantitative estimate of drug-likeness (QED) is 0.309. The van der Waals surface area contributed by atoms with E-state index in [2.05, 4.69) is 35.6 Å². The maximum Gasteiger partial charge on any atom is 0.252 e. The van der Waals surface area contributed by atoms with Crippen molar-refractivity contribution in [3.8, 4) is 11.5 Å². The van der Waals surface area contributed by atoms with Crippen LogP contribution in [0.4, 0.5) is 5.95 Å². The van der Waals surface area contributed by atoms with Crippen LogP contribution in [0.3, 0.4) is 0 Å². The van der Waals surface area contributed by atoms with Gasteiger partial charge in [0, 0.05) is 29.5 Å². The summed E-state index contributed by atoms with van der Waals surface area (Å²) >= 11 is 0. The Labute approximate surface area is 200 Å². The minimum Gasteiger partial charge on any atom is -0.338 e. The molecule has 35 heavy (non-hydrogen) atoms. The van der Waals surface area contributed by atoms with Gasteiger partial charge in [0.2, 0.25) is 5.95 Å². The van der Waals surface area contributed by atoms with Crippen LogP contribution in [0, 0.1) is 0 Å². The molecule has 5 aromatic rings. The van der Waals surface area contributed by atoms with Crippen molar-refractivity contribution in [2.75, 3.05) is 5.32 Å². The van der Waals surface area contributed by atoms with Gasteiger partial charge in [-0.15, -0.1) is 0 Å². The predicted octanol–water partition coefficient (Wildman–Crippen LogP) is 4.18. The number of carbonyl (C=O) groups excluding carboxylic acids is 2. The number of imidazole rings is 2. The molecule has 1 aliphatic carbocycles. The van der Waals surface area contributed by atoms with E-state index in [0.29, 0.717) is 30.2 Å². The van der Waals surface area contributed by atoms with Crippen molar-refractivity contribution in [1.82, 2.24) is 30.2 Å². The summed E-state index contributed by atoms with van der Waals surface area (Å²) in [6.07, 6.45) is 7.92. The number of H-pyrrole nitrogens is 2. The first-order valence-electron chi connectivity index (χ1n) is 11.6. The van der Waals surface area contributed by atoms with Crippen molar-refractivity contribution >= 4 is 39.6 Å². The van der Waals surface area contributed by atoms with E-state index in [0.717, 1.165) is 40.3 Å². The maximum absolute atomic E-state index is 13.2. The number of hydrogen-bond acceptors (Lipinski definition) is 5. The number of carbonyl (C=O) groups is 2. The second-order valence-corrected chi connectivity index (χ2v) is 8.87. The lowest BCUT2D eigenvalue weighted by molar-refractivity contribution is -0.122. The van der Waals surface area contributed by atoms with E-state index < -0.39 is 5.54 Å². The summed E-state index contributed by atoms with van der Waals surface area (Å²) in [5.41, 5.74) is 1.68. The largest absolute Gasteiger partial charge is 0.338 e. The molecule has 6 rings (SSSR count). The molecule has 0 radical (unpaired) electrons. The van der Waals surface area contributed by atoms with Gasteiger partial charge in [-0.1, -0.05) is 37.1 Å². The van der Waals surface area contributed by atoms with Crippen LogP contribution in [-0.4, -0.2) is 42.3 Å². The van der Waals surface area contributed by atoms with Crippen molar-refractivity contribution in [1.29, 1.82) is 0 Å². The van der Waals surface area contributed by atoms with Crippen LogP contribution in [0.2, 0.25) is 0 Å². The van der Waals surface area contributed by atoms with E-state index in [-0.39, 0.29) is 11.8 Å². The molecule has 2 aromatic carbocycles. The van der Waals surface area contributed by atoms with E-state index in [4.69, 9.17) is 0 Å².